The van der Waals surface area contributed by atoms with Gasteiger partial charge in [-0.1, -0.05) is 26.8 Å². The number of nitrogens with one attached hydrogen (secondary N) is 4. The lowest BCUT2D eigenvalue weighted by atomic mass is 9.98. The Hall–Kier alpha value is -3.63. The van der Waals surface area contributed by atoms with E-state index in [1.165, 1.54) is 24.1 Å². The highest BCUT2D eigenvalue weighted by Crippen LogP contribution is 2.34. The number of anilines is 1. The number of halogens is 1. The number of nitrogens with zero attached hydrogens (tertiary/aromatic N) is 2. The summed E-state index contributed by atoms with van der Waals surface area (Å²) in [6, 6.07) is 7.72. The summed E-state index contributed by atoms with van der Waals surface area (Å²) in [6.45, 7) is 7.15. The number of hydrogen-bond acceptors (Lipinski definition) is 8. The molecule has 0 amide bonds. The van der Waals surface area contributed by atoms with Gasteiger partial charge in [0.1, 0.15) is 35.6 Å². The van der Waals surface area contributed by atoms with Gasteiger partial charge in [0.05, 0.1) is 25.0 Å². The number of ether oxygens (including phenoxy) is 1. The number of amidine groups is 2. The van der Waals surface area contributed by atoms with Crippen LogP contribution < -0.4 is 20.4 Å². The Kier molecular flexibility index (Phi) is 8.67. The molecule has 3 rings (SSSR count). The molecule has 188 valence electrons. The van der Waals surface area contributed by atoms with Crippen molar-refractivity contribution in [1.82, 2.24) is 15.7 Å². The minimum absolute atomic E-state index is 0.0629. The molecule has 0 saturated heterocycles. The quantitative estimate of drug-likeness (QED) is 0.151. The fourth-order valence-electron chi connectivity index (χ4n) is 3.74. The highest BCUT2D eigenvalue weighted by molar-refractivity contribution is 6.24. The molecule has 9 nitrogen and oxygen atoms in total. The molecule has 0 aromatic heterocycles. The topological polar surface area (TPSA) is 117 Å². The maximum atomic E-state index is 15.1. The highest BCUT2D eigenvalue weighted by Gasteiger charge is 2.25. The zero-order valence-electron chi connectivity index (χ0n) is 20.5. The van der Waals surface area contributed by atoms with Crippen molar-refractivity contribution in [3.05, 3.63) is 65.2 Å². The molecule has 0 unspecified atom stereocenters. The second-order valence-electron chi connectivity index (χ2n) is 8.38. The predicted molar refractivity (Wildman–Crippen MR) is 134 cm³/mol. The van der Waals surface area contributed by atoms with Crippen molar-refractivity contribution in [2.75, 3.05) is 31.8 Å². The molecule has 0 aliphatic carbocycles. The van der Waals surface area contributed by atoms with Crippen LogP contribution in [0, 0.1) is 16.6 Å². The number of hydrogen-bond donors (Lipinski definition) is 5. The van der Waals surface area contributed by atoms with Crippen LogP contribution in [0.5, 0.6) is 11.5 Å². The molecule has 5 N–H and O–H groups in total. The van der Waals surface area contributed by atoms with E-state index in [1.54, 1.807) is 24.4 Å². The van der Waals surface area contributed by atoms with Gasteiger partial charge in [0.25, 0.3) is 0 Å². The Morgan fingerprint density at radius 3 is 2.66 bits per heavy atom. The first-order chi connectivity index (χ1) is 16.8. The summed E-state index contributed by atoms with van der Waals surface area (Å²) in [5.41, 5.74) is 4.44. The Morgan fingerprint density at radius 2 is 2.06 bits per heavy atom. The molecular weight excluding hydrogens is 451 g/mol. The normalized spacial score (nSPS) is 12.7. The van der Waals surface area contributed by atoms with Gasteiger partial charge in [-0.2, -0.15) is 0 Å². The summed E-state index contributed by atoms with van der Waals surface area (Å²) >= 11 is 0. The van der Waals surface area contributed by atoms with E-state index in [0.717, 1.165) is 5.56 Å². The van der Waals surface area contributed by atoms with E-state index in [4.69, 9.17) is 20.4 Å². The highest BCUT2D eigenvalue weighted by atomic mass is 19.1. The fourth-order valence-corrected chi connectivity index (χ4v) is 3.74. The molecule has 1 aliphatic heterocycles. The van der Waals surface area contributed by atoms with Crippen LogP contribution in [0.4, 0.5) is 10.1 Å². The van der Waals surface area contributed by atoms with Crippen LogP contribution in [0.3, 0.4) is 0 Å². The van der Waals surface area contributed by atoms with Crippen molar-refractivity contribution in [2.24, 2.45) is 0 Å². The molecule has 35 heavy (non-hydrogen) atoms. The van der Waals surface area contributed by atoms with Crippen molar-refractivity contribution in [2.45, 2.75) is 33.2 Å². The summed E-state index contributed by atoms with van der Waals surface area (Å²) in [4.78, 5) is 8.47. The number of phenolic OH excluding ortho intramolecular Hbond substituents is 1. The summed E-state index contributed by atoms with van der Waals surface area (Å²) in [7, 11) is 1.52. The SMILES string of the molecule is CCNOCC(=N)N(C(=N)c1cc(C(C)C)c(OC)cc1O)c1ccc(CN2C=CNC2)c(F)c1. The molecule has 0 bridgehead atoms. The molecule has 0 radical (unpaired) electrons. The maximum Gasteiger partial charge on any atom is 0.142 e. The maximum absolute atomic E-state index is 15.1. The van der Waals surface area contributed by atoms with Gasteiger partial charge >= 0.3 is 0 Å². The third-order valence-corrected chi connectivity index (χ3v) is 5.54. The van der Waals surface area contributed by atoms with Gasteiger partial charge < -0.3 is 20.1 Å². The van der Waals surface area contributed by atoms with E-state index in [2.05, 4.69) is 10.8 Å². The lowest BCUT2D eigenvalue weighted by Gasteiger charge is -2.27. The van der Waals surface area contributed by atoms with E-state index in [1.807, 2.05) is 31.9 Å². The average Bonchev–Trinajstić information content (AvgIpc) is 3.33. The van der Waals surface area contributed by atoms with Crippen LogP contribution in [0.2, 0.25) is 0 Å². The smallest absolute Gasteiger partial charge is 0.142 e. The number of phenols is 1. The van der Waals surface area contributed by atoms with Crippen LogP contribution in [0.1, 0.15) is 43.4 Å². The molecular formula is C25H33FN6O3. The molecule has 1 aliphatic rings. The average molecular weight is 485 g/mol. The van der Waals surface area contributed by atoms with Crippen molar-refractivity contribution in [1.29, 1.82) is 10.8 Å². The van der Waals surface area contributed by atoms with Crippen molar-refractivity contribution in [3.63, 3.8) is 0 Å². The number of hydroxylamine groups is 1. The van der Waals surface area contributed by atoms with E-state index in [-0.39, 0.29) is 41.2 Å². The molecule has 0 saturated carbocycles. The molecule has 1 heterocycles. The second-order valence-corrected chi connectivity index (χ2v) is 8.38. The van der Waals surface area contributed by atoms with Crippen LogP contribution >= 0.6 is 0 Å². The molecule has 10 heteroatoms. The first kappa shape index (κ1) is 26.0. The van der Waals surface area contributed by atoms with Gasteiger partial charge in [0, 0.05) is 37.1 Å². The molecule has 0 atom stereocenters. The third kappa shape index (κ3) is 6.09. The first-order valence-corrected chi connectivity index (χ1v) is 11.4. The molecule has 2 aromatic rings. The van der Waals surface area contributed by atoms with E-state index < -0.39 is 5.82 Å². The Morgan fingerprint density at radius 1 is 1.29 bits per heavy atom. The van der Waals surface area contributed by atoms with E-state index in [0.29, 0.717) is 31.1 Å². The monoisotopic (exact) mass is 484 g/mol. The number of methoxy groups -OCH3 is 1. The van der Waals surface area contributed by atoms with Gasteiger partial charge in [-0.15, -0.1) is 0 Å². The van der Waals surface area contributed by atoms with Gasteiger partial charge in [-0.3, -0.25) is 20.6 Å². The lowest BCUT2D eigenvalue weighted by molar-refractivity contribution is 0.0734. The number of benzene rings is 2. The number of rotatable bonds is 10. The van der Waals surface area contributed by atoms with Crippen LogP contribution in [-0.4, -0.2) is 48.6 Å². The van der Waals surface area contributed by atoms with Crippen molar-refractivity contribution in [3.8, 4) is 11.5 Å². The van der Waals surface area contributed by atoms with Crippen LogP contribution in [0.25, 0.3) is 0 Å². The molecule has 0 fully saturated rings. The van der Waals surface area contributed by atoms with Gasteiger partial charge in [-0.25, -0.2) is 9.87 Å². The van der Waals surface area contributed by atoms with Crippen molar-refractivity contribution < 1.29 is 19.1 Å². The predicted octanol–water partition coefficient (Wildman–Crippen LogP) is 3.85. The van der Waals surface area contributed by atoms with E-state index in [9.17, 15) is 5.11 Å². The van der Waals surface area contributed by atoms with Gasteiger partial charge in [0.15, 0.2) is 0 Å². The fraction of sp³-hybridized carbons (Fsp3) is 0.360. The largest absolute Gasteiger partial charge is 0.507 e. The minimum Gasteiger partial charge on any atom is -0.507 e. The van der Waals surface area contributed by atoms with Crippen LogP contribution in [0.15, 0.2) is 42.7 Å². The Labute approximate surface area is 205 Å². The first-order valence-electron chi connectivity index (χ1n) is 11.4. The third-order valence-electron chi connectivity index (χ3n) is 5.54. The van der Waals surface area contributed by atoms with Crippen molar-refractivity contribution >= 4 is 17.4 Å². The zero-order chi connectivity index (χ0) is 25.5. The minimum atomic E-state index is -0.456. The lowest BCUT2D eigenvalue weighted by Crippen LogP contribution is -2.40. The Bertz CT molecular complexity index is 1100. The Balaban J connectivity index is 1.99. The molecule has 2 aromatic carbocycles. The summed E-state index contributed by atoms with van der Waals surface area (Å²) in [6.07, 6.45) is 3.65. The van der Waals surface area contributed by atoms with Crippen LogP contribution in [-0.2, 0) is 11.4 Å². The number of aromatic hydroxyl groups is 1. The van der Waals surface area contributed by atoms with E-state index >= 15 is 4.39 Å². The summed E-state index contributed by atoms with van der Waals surface area (Å²) in [5, 5.41) is 31.2. The standard InChI is InChI=1S/C25H33FN6O3/c1-5-30-35-14-24(27)32(18-7-6-17(21(26)10-18)13-31-9-8-29-15-31)25(28)20-11-19(16(2)3)23(34-4)12-22(20)33/h6-12,16,27-30,33H,5,13-15H2,1-4H3. The second kappa shape index (κ2) is 11.7. The van der Waals surface area contributed by atoms with Gasteiger partial charge in [0.2, 0.25) is 0 Å². The van der Waals surface area contributed by atoms with Gasteiger partial charge in [-0.05, 0) is 29.7 Å². The summed E-state index contributed by atoms with van der Waals surface area (Å²) in [5.74, 6) is -0.345. The molecule has 0 spiro atoms. The summed E-state index contributed by atoms with van der Waals surface area (Å²) < 4.78 is 20.5. The zero-order valence-corrected chi connectivity index (χ0v) is 20.5.